The fraction of sp³-hybridized carbons (Fsp3) is 0.625. The molecule has 4 heteroatoms. The third-order valence-electron chi connectivity index (χ3n) is 4.07. The summed E-state index contributed by atoms with van der Waals surface area (Å²) in [6, 6.07) is 4.50. The van der Waals surface area contributed by atoms with Gasteiger partial charge in [0.1, 0.15) is 16.0 Å². The molecule has 1 aromatic rings. The Balaban J connectivity index is 2.34. The van der Waals surface area contributed by atoms with Crippen LogP contribution in [0.4, 0.5) is 0 Å². The van der Waals surface area contributed by atoms with Gasteiger partial charge in [0.15, 0.2) is 0 Å². The zero-order valence-electron chi connectivity index (χ0n) is 12.7. The van der Waals surface area contributed by atoms with Crippen molar-refractivity contribution in [3.63, 3.8) is 0 Å². The number of benzene rings is 1. The predicted octanol–water partition coefficient (Wildman–Crippen LogP) is 4.16. The molecule has 2 rings (SSSR count). The molecule has 1 aliphatic rings. The van der Waals surface area contributed by atoms with Crippen LogP contribution in [0.1, 0.15) is 38.3 Å². The van der Waals surface area contributed by atoms with E-state index in [0.717, 1.165) is 34.9 Å². The van der Waals surface area contributed by atoms with Gasteiger partial charge in [-0.3, -0.25) is 0 Å². The van der Waals surface area contributed by atoms with Crippen molar-refractivity contribution in [1.29, 1.82) is 0 Å². The van der Waals surface area contributed by atoms with Gasteiger partial charge in [-0.1, -0.05) is 13.8 Å². The standard InChI is InChI=1S/C16H24BrNO2/c1-5-8-18-15(12-9-10(12)2)11-6-7-13(19-3)14(17)16(11)20-4/h6-7,10,12,15,18H,5,8-9H2,1-4H3. The number of methoxy groups -OCH3 is 2. The van der Waals surface area contributed by atoms with E-state index in [1.807, 2.05) is 6.07 Å². The summed E-state index contributed by atoms with van der Waals surface area (Å²) >= 11 is 3.60. The summed E-state index contributed by atoms with van der Waals surface area (Å²) in [7, 11) is 3.39. The Morgan fingerprint density at radius 3 is 2.55 bits per heavy atom. The van der Waals surface area contributed by atoms with Crippen LogP contribution in [-0.4, -0.2) is 20.8 Å². The summed E-state index contributed by atoms with van der Waals surface area (Å²) in [5, 5.41) is 3.68. The van der Waals surface area contributed by atoms with Gasteiger partial charge in [0.2, 0.25) is 0 Å². The van der Waals surface area contributed by atoms with E-state index in [2.05, 4.69) is 41.2 Å². The highest BCUT2D eigenvalue weighted by atomic mass is 79.9. The largest absolute Gasteiger partial charge is 0.495 e. The van der Waals surface area contributed by atoms with Crippen molar-refractivity contribution in [2.75, 3.05) is 20.8 Å². The molecule has 0 saturated heterocycles. The van der Waals surface area contributed by atoms with Crippen LogP contribution >= 0.6 is 15.9 Å². The molecule has 0 radical (unpaired) electrons. The van der Waals surface area contributed by atoms with Gasteiger partial charge in [0.05, 0.1) is 14.2 Å². The van der Waals surface area contributed by atoms with E-state index in [1.54, 1.807) is 14.2 Å². The van der Waals surface area contributed by atoms with Crippen LogP contribution in [0, 0.1) is 11.8 Å². The van der Waals surface area contributed by atoms with Crippen LogP contribution in [0.2, 0.25) is 0 Å². The summed E-state index contributed by atoms with van der Waals surface area (Å²) in [5.74, 6) is 3.19. The molecule has 0 spiro atoms. The van der Waals surface area contributed by atoms with Crippen LogP contribution < -0.4 is 14.8 Å². The molecule has 3 unspecified atom stereocenters. The lowest BCUT2D eigenvalue weighted by Crippen LogP contribution is -2.25. The number of halogens is 1. The summed E-state index contributed by atoms with van der Waals surface area (Å²) in [4.78, 5) is 0. The molecule has 0 heterocycles. The first-order valence-corrected chi connectivity index (χ1v) is 8.07. The first kappa shape index (κ1) is 15.6. The van der Waals surface area contributed by atoms with Crippen LogP contribution in [0.15, 0.2) is 16.6 Å². The second kappa shape index (κ2) is 6.81. The summed E-state index contributed by atoms with van der Waals surface area (Å²) in [6.07, 6.45) is 2.42. The Morgan fingerprint density at radius 2 is 2.05 bits per heavy atom. The van der Waals surface area contributed by atoms with E-state index < -0.39 is 0 Å². The Kier molecular flexibility index (Phi) is 5.33. The molecule has 1 N–H and O–H groups in total. The van der Waals surface area contributed by atoms with Crippen molar-refractivity contribution in [3.05, 3.63) is 22.2 Å². The highest BCUT2D eigenvalue weighted by Crippen LogP contribution is 2.50. The first-order valence-electron chi connectivity index (χ1n) is 7.27. The van der Waals surface area contributed by atoms with Crippen molar-refractivity contribution in [2.45, 2.75) is 32.7 Å². The maximum Gasteiger partial charge on any atom is 0.141 e. The predicted molar refractivity (Wildman–Crippen MR) is 85.6 cm³/mol. The Morgan fingerprint density at radius 1 is 1.35 bits per heavy atom. The van der Waals surface area contributed by atoms with Crippen molar-refractivity contribution in [1.82, 2.24) is 5.32 Å². The van der Waals surface area contributed by atoms with Gasteiger partial charge in [0, 0.05) is 11.6 Å². The first-order chi connectivity index (χ1) is 9.63. The Hall–Kier alpha value is -0.740. The van der Waals surface area contributed by atoms with Crippen LogP contribution in [0.5, 0.6) is 11.5 Å². The van der Waals surface area contributed by atoms with Gasteiger partial charge < -0.3 is 14.8 Å². The minimum absolute atomic E-state index is 0.363. The van der Waals surface area contributed by atoms with Crippen molar-refractivity contribution < 1.29 is 9.47 Å². The highest BCUT2D eigenvalue weighted by Gasteiger charge is 2.41. The van der Waals surface area contributed by atoms with Gasteiger partial charge in [-0.2, -0.15) is 0 Å². The minimum atomic E-state index is 0.363. The summed E-state index contributed by atoms with van der Waals surface area (Å²) in [5.41, 5.74) is 1.22. The second-order valence-corrected chi connectivity index (χ2v) is 6.31. The van der Waals surface area contributed by atoms with E-state index in [1.165, 1.54) is 12.0 Å². The van der Waals surface area contributed by atoms with E-state index in [9.17, 15) is 0 Å². The molecule has 112 valence electrons. The van der Waals surface area contributed by atoms with Crippen molar-refractivity contribution in [3.8, 4) is 11.5 Å². The third-order valence-corrected chi connectivity index (χ3v) is 4.82. The molecule has 0 amide bonds. The fourth-order valence-corrected chi connectivity index (χ4v) is 3.45. The number of rotatable bonds is 7. The normalized spacial score (nSPS) is 22.4. The number of hydrogen-bond donors (Lipinski definition) is 1. The Labute approximate surface area is 130 Å². The van der Waals surface area contributed by atoms with Gasteiger partial charge in [0.25, 0.3) is 0 Å². The molecule has 1 aliphatic carbocycles. The molecule has 0 bridgehead atoms. The van der Waals surface area contributed by atoms with E-state index in [-0.39, 0.29) is 0 Å². The average Bonchev–Trinajstić information content (AvgIpc) is 3.16. The van der Waals surface area contributed by atoms with Crippen molar-refractivity contribution >= 4 is 15.9 Å². The van der Waals surface area contributed by atoms with Crippen LogP contribution in [0.3, 0.4) is 0 Å². The maximum atomic E-state index is 5.63. The average molecular weight is 342 g/mol. The van der Waals surface area contributed by atoms with Gasteiger partial charge in [-0.05, 0) is 59.3 Å². The second-order valence-electron chi connectivity index (χ2n) is 5.51. The SMILES string of the molecule is CCCNC(c1ccc(OC)c(Br)c1OC)C1CC1C. The minimum Gasteiger partial charge on any atom is -0.495 e. The number of ether oxygens (including phenoxy) is 2. The van der Waals surface area contributed by atoms with Crippen LogP contribution in [-0.2, 0) is 0 Å². The molecule has 1 fully saturated rings. The lowest BCUT2D eigenvalue weighted by Gasteiger charge is -2.23. The molecule has 1 saturated carbocycles. The zero-order valence-corrected chi connectivity index (χ0v) is 14.3. The number of nitrogens with one attached hydrogen (secondary N) is 1. The smallest absolute Gasteiger partial charge is 0.141 e. The summed E-state index contributed by atoms with van der Waals surface area (Å²) < 4.78 is 11.9. The highest BCUT2D eigenvalue weighted by molar-refractivity contribution is 9.10. The Bertz CT molecular complexity index is 464. The van der Waals surface area contributed by atoms with Crippen molar-refractivity contribution in [2.24, 2.45) is 11.8 Å². The molecule has 3 nitrogen and oxygen atoms in total. The topological polar surface area (TPSA) is 30.5 Å². The molecule has 20 heavy (non-hydrogen) atoms. The quantitative estimate of drug-likeness (QED) is 0.807. The molecule has 0 aromatic heterocycles. The van der Waals surface area contributed by atoms with Gasteiger partial charge in [-0.15, -0.1) is 0 Å². The lowest BCUT2D eigenvalue weighted by atomic mass is 9.99. The molecular weight excluding hydrogens is 318 g/mol. The molecular formula is C16H24BrNO2. The van der Waals surface area contributed by atoms with Crippen LogP contribution in [0.25, 0.3) is 0 Å². The number of hydrogen-bond acceptors (Lipinski definition) is 3. The third kappa shape index (κ3) is 3.12. The fourth-order valence-electron chi connectivity index (χ4n) is 2.77. The lowest BCUT2D eigenvalue weighted by molar-refractivity contribution is 0.372. The van der Waals surface area contributed by atoms with Gasteiger partial charge in [-0.25, -0.2) is 0 Å². The molecule has 1 aromatic carbocycles. The summed E-state index contributed by atoms with van der Waals surface area (Å²) in [6.45, 7) is 5.54. The van der Waals surface area contributed by atoms with E-state index in [0.29, 0.717) is 12.0 Å². The van der Waals surface area contributed by atoms with Gasteiger partial charge >= 0.3 is 0 Å². The maximum absolute atomic E-state index is 5.63. The van der Waals surface area contributed by atoms with E-state index in [4.69, 9.17) is 9.47 Å². The van der Waals surface area contributed by atoms with E-state index >= 15 is 0 Å². The zero-order chi connectivity index (χ0) is 14.7. The molecule has 3 atom stereocenters. The monoisotopic (exact) mass is 341 g/mol. The molecule has 0 aliphatic heterocycles.